The lowest BCUT2D eigenvalue weighted by Crippen LogP contribution is -2.52. The van der Waals surface area contributed by atoms with E-state index in [1.165, 1.54) is 18.5 Å². The molecule has 6 nitrogen and oxygen atoms in total. The molecular weight excluding hydrogens is 477 g/mol. The average molecular weight is 507 g/mol. The van der Waals surface area contributed by atoms with Crippen molar-refractivity contribution in [3.63, 3.8) is 0 Å². The highest BCUT2D eigenvalue weighted by Crippen LogP contribution is 2.29. The molecule has 2 aromatic rings. The van der Waals surface area contributed by atoms with Crippen LogP contribution in [0.25, 0.3) is 0 Å². The number of rotatable bonds is 6. The van der Waals surface area contributed by atoms with E-state index in [-0.39, 0.29) is 24.0 Å². The zero-order valence-electron chi connectivity index (χ0n) is 17.0. The third-order valence-electron chi connectivity index (χ3n) is 5.33. The number of ether oxygens (including phenoxy) is 1. The van der Waals surface area contributed by atoms with Gasteiger partial charge in [0.25, 0.3) is 0 Å². The minimum absolute atomic E-state index is 0. The smallest absolute Gasteiger partial charge is 0.213 e. The second-order valence-electron chi connectivity index (χ2n) is 7.47. The molecular formula is C22H30IN5O. The lowest BCUT2D eigenvalue weighted by atomic mass is 10.2. The Balaban J connectivity index is 0.00000240. The van der Waals surface area contributed by atoms with Crippen LogP contribution in [0, 0.1) is 5.92 Å². The van der Waals surface area contributed by atoms with Gasteiger partial charge in [-0.25, -0.2) is 4.98 Å². The number of aliphatic imine (C=N–C) groups is 1. The summed E-state index contributed by atoms with van der Waals surface area (Å²) in [6, 6.07) is 14.7. The fourth-order valence-electron chi connectivity index (χ4n) is 3.46. The van der Waals surface area contributed by atoms with Crippen LogP contribution in [0.4, 0.5) is 5.69 Å². The quantitative estimate of drug-likeness (QED) is 0.369. The van der Waals surface area contributed by atoms with Gasteiger partial charge in [0, 0.05) is 57.7 Å². The molecule has 156 valence electrons. The Morgan fingerprint density at radius 2 is 1.90 bits per heavy atom. The van der Waals surface area contributed by atoms with Crippen LogP contribution >= 0.6 is 24.0 Å². The summed E-state index contributed by atoms with van der Waals surface area (Å²) >= 11 is 0. The van der Waals surface area contributed by atoms with Crippen molar-refractivity contribution in [3.8, 4) is 5.88 Å². The first-order valence-electron chi connectivity index (χ1n) is 10.1. The molecule has 7 heteroatoms. The number of hydrogen-bond acceptors (Lipinski definition) is 4. The van der Waals surface area contributed by atoms with Crippen molar-refractivity contribution in [1.29, 1.82) is 0 Å². The van der Waals surface area contributed by atoms with Crippen LogP contribution < -0.4 is 15.0 Å². The van der Waals surface area contributed by atoms with E-state index in [1.54, 1.807) is 0 Å². The predicted molar refractivity (Wildman–Crippen MR) is 128 cm³/mol. The number of guanidine groups is 1. The highest BCUT2D eigenvalue weighted by Gasteiger charge is 2.22. The first-order chi connectivity index (χ1) is 13.8. The fourth-order valence-corrected chi connectivity index (χ4v) is 3.46. The molecule has 0 bridgehead atoms. The molecule has 29 heavy (non-hydrogen) atoms. The Bertz CT molecular complexity index is 789. The van der Waals surface area contributed by atoms with Crippen LogP contribution in [0.15, 0.2) is 53.7 Å². The average Bonchev–Trinajstić information content (AvgIpc) is 3.59. The second kappa shape index (κ2) is 10.7. The van der Waals surface area contributed by atoms with Gasteiger partial charge in [-0.1, -0.05) is 18.2 Å². The van der Waals surface area contributed by atoms with Gasteiger partial charge < -0.3 is 19.9 Å². The molecule has 4 rings (SSSR count). The van der Waals surface area contributed by atoms with Gasteiger partial charge in [0.05, 0.1) is 6.61 Å². The van der Waals surface area contributed by atoms with E-state index < -0.39 is 0 Å². The van der Waals surface area contributed by atoms with Gasteiger partial charge in [-0.15, -0.1) is 24.0 Å². The van der Waals surface area contributed by atoms with Gasteiger partial charge in [-0.3, -0.25) is 4.99 Å². The third kappa shape index (κ3) is 6.22. The van der Waals surface area contributed by atoms with Crippen molar-refractivity contribution in [1.82, 2.24) is 15.2 Å². The minimum Gasteiger partial charge on any atom is -0.477 e. The Morgan fingerprint density at radius 3 is 2.59 bits per heavy atom. The van der Waals surface area contributed by atoms with E-state index in [1.807, 2.05) is 25.4 Å². The van der Waals surface area contributed by atoms with Crippen molar-refractivity contribution in [2.45, 2.75) is 19.4 Å². The molecule has 2 aliphatic rings. The van der Waals surface area contributed by atoms with E-state index >= 15 is 0 Å². The van der Waals surface area contributed by atoms with E-state index in [0.29, 0.717) is 6.54 Å². The summed E-state index contributed by atoms with van der Waals surface area (Å²) in [5, 5.41) is 3.49. The van der Waals surface area contributed by atoms with Crippen LogP contribution in [0.1, 0.15) is 18.4 Å². The van der Waals surface area contributed by atoms with E-state index in [9.17, 15) is 0 Å². The van der Waals surface area contributed by atoms with Crippen LogP contribution in [-0.2, 0) is 6.54 Å². The lowest BCUT2D eigenvalue weighted by molar-refractivity contribution is 0.288. The summed E-state index contributed by atoms with van der Waals surface area (Å²) in [5.41, 5.74) is 2.45. The van der Waals surface area contributed by atoms with Crippen molar-refractivity contribution in [3.05, 3.63) is 54.2 Å². The largest absolute Gasteiger partial charge is 0.477 e. The minimum atomic E-state index is 0. The summed E-state index contributed by atoms with van der Waals surface area (Å²) in [6.45, 7) is 5.42. The number of aromatic nitrogens is 1. The van der Waals surface area contributed by atoms with Gasteiger partial charge in [-0.05, 0) is 42.5 Å². The van der Waals surface area contributed by atoms with E-state index in [4.69, 9.17) is 4.74 Å². The molecule has 1 saturated carbocycles. The number of piperazine rings is 1. The van der Waals surface area contributed by atoms with Crippen molar-refractivity contribution >= 4 is 35.6 Å². The first-order valence-corrected chi connectivity index (χ1v) is 10.1. The van der Waals surface area contributed by atoms with Gasteiger partial charge in [-0.2, -0.15) is 0 Å². The van der Waals surface area contributed by atoms with Crippen molar-refractivity contribution < 1.29 is 4.74 Å². The number of halogens is 1. The molecule has 0 radical (unpaired) electrons. The molecule has 1 aliphatic carbocycles. The number of nitrogens with one attached hydrogen (secondary N) is 1. The first kappa shape index (κ1) is 21.7. The van der Waals surface area contributed by atoms with Crippen molar-refractivity contribution in [2.24, 2.45) is 10.9 Å². The summed E-state index contributed by atoms with van der Waals surface area (Å²) < 4.78 is 5.79. The monoisotopic (exact) mass is 507 g/mol. The number of anilines is 1. The summed E-state index contributed by atoms with van der Waals surface area (Å²) in [7, 11) is 1.85. The summed E-state index contributed by atoms with van der Waals surface area (Å²) in [5.74, 6) is 2.40. The molecule has 2 heterocycles. The van der Waals surface area contributed by atoms with Gasteiger partial charge in [0.1, 0.15) is 0 Å². The molecule has 0 spiro atoms. The highest BCUT2D eigenvalue weighted by atomic mass is 127. The predicted octanol–water partition coefficient (Wildman–Crippen LogP) is 3.39. The van der Waals surface area contributed by atoms with Crippen molar-refractivity contribution in [2.75, 3.05) is 44.7 Å². The Hall–Kier alpha value is -2.03. The maximum absolute atomic E-state index is 5.79. The zero-order valence-corrected chi connectivity index (χ0v) is 19.3. The normalized spacial score (nSPS) is 16.9. The Labute approximate surface area is 190 Å². The molecule has 2 fully saturated rings. The SMILES string of the molecule is CN=C(NCc1ccnc(OCC2CC2)c1)N1CCN(c2ccccc2)CC1.I. The second-order valence-corrected chi connectivity index (χ2v) is 7.47. The van der Waals surface area contributed by atoms with E-state index in [0.717, 1.165) is 56.1 Å². The maximum Gasteiger partial charge on any atom is 0.213 e. The molecule has 0 unspecified atom stereocenters. The fraction of sp³-hybridized carbons (Fsp3) is 0.455. The Morgan fingerprint density at radius 1 is 1.14 bits per heavy atom. The maximum atomic E-state index is 5.79. The molecule has 1 aromatic carbocycles. The standard InChI is InChI=1S/C22H29N5O.HI/c1-23-22(27-13-11-26(12-14-27)20-5-3-2-4-6-20)25-16-19-9-10-24-21(15-19)28-17-18-7-8-18;/h2-6,9-10,15,18H,7-8,11-14,16-17H2,1H3,(H,23,25);1H. The van der Waals surface area contributed by atoms with Crippen LogP contribution in [0.3, 0.4) is 0 Å². The molecule has 0 amide bonds. The van der Waals surface area contributed by atoms with Gasteiger partial charge >= 0.3 is 0 Å². The number of benzene rings is 1. The van der Waals surface area contributed by atoms with Gasteiger partial charge in [0.15, 0.2) is 5.96 Å². The molecule has 1 saturated heterocycles. The topological polar surface area (TPSA) is 53.0 Å². The highest BCUT2D eigenvalue weighted by molar-refractivity contribution is 14.0. The molecule has 1 aliphatic heterocycles. The van der Waals surface area contributed by atoms with Crippen LogP contribution in [0.2, 0.25) is 0 Å². The molecule has 0 atom stereocenters. The number of pyridine rings is 1. The summed E-state index contributed by atoms with van der Waals surface area (Å²) in [4.78, 5) is 13.5. The zero-order chi connectivity index (χ0) is 19.2. The lowest BCUT2D eigenvalue weighted by Gasteiger charge is -2.37. The van der Waals surface area contributed by atoms with Gasteiger partial charge in [0.2, 0.25) is 5.88 Å². The Kier molecular flexibility index (Phi) is 7.97. The van der Waals surface area contributed by atoms with E-state index in [2.05, 4.69) is 55.4 Å². The number of hydrogen-bond donors (Lipinski definition) is 1. The van der Waals surface area contributed by atoms with Crippen LogP contribution in [-0.4, -0.2) is 55.7 Å². The molecule has 1 N–H and O–H groups in total. The van der Waals surface area contributed by atoms with Crippen LogP contribution in [0.5, 0.6) is 5.88 Å². The molecule has 1 aromatic heterocycles. The number of nitrogens with zero attached hydrogens (tertiary/aromatic N) is 4. The summed E-state index contributed by atoms with van der Waals surface area (Å²) in [6.07, 6.45) is 4.39. The third-order valence-corrected chi connectivity index (χ3v) is 5.33. The number of para-hydroxylation sites is 1.